The molecule has 0 bridgehead atoms. The molecule has 0 fully saturated rings. The van der Waals surface area contributed by atoms with E-state index >= 15 is 0 Å². The maximum absolute atomic E-state index is 12.8. The highest BCUT2D eigenvalue weighted by atomic mass is 28.4. The Morgan fingerprint density at radius 2 is 1.62 bits per heavy atom. The second-order valence-corrected chi connectivity index (χ2v) is 19.1. The van der Waals surface area contributed by atoms with E-state index in [1.54, 1.807) is 6.08 Å². The third-order valence-corrected chi connectivity index (χ3v) is 12.8. The summed E-state index contributed by atoms with van der Waals surface area (Å²) in [7, 11) is -2.14. The quantitative estimate of drug-likeness (QED) is 0.0424. The number of rotatable bonds is 21. The van der Waals surface area contributed by atoms with E-state index < -0.39 is 32.7 Å². The average molecular weight is 646 g/mol. The van der Waals surface area contributed by atoms with Crippen molar-refractivity contribution >= 4 is 20.4 Å². The van der Waals surface area contributed by atoms with Gasteiger partial charge in [-0.2, -0.15) is 0 Å². The normalized spacial score (nSPS) is 16.3. The van der Waals surface area contributed by atoms with Crippen molar-refractivity contribution in [2.24, 2.45) is 17.1 Å². The Labute approximate surface area is 275 Å². The monoisotopic (exact) mass is 645 g/mol. The predicted molar refractivity (Wildman–Crippen MR) is 190 cm³/mol. The van der Waals surface area contributed by atoms with Crippen LogP contribution < -0.4 is 5.73 Å². The van der Waals surface area contributed by atoms with Gasteiger partial charge in [-0.1, -0.05) is 95.2 Å². The Bertz CT molecular complexity index is 1060. The Hall–Kier alpha value is -2.68. The first kappa shape index (κ1) is 42.3. The summed E-state index contributed by atoms with van der Waals surface area (Å²) < 4.78 is 17.8. The minimum atomic E-state index is -2.14. The van der Waals surface area contributed by atoms with Crippen LogP contribution in [0, 0.1) is 11.3 Å². The van der Waals surface area contributed by atoms with Crippen molar-refractivity contribution in [3.63, 3.8) is 0 Å². The third kappa shape index (κ3) is 18.2. The fraction of sp³-hybridized carbons (Fsp3) is 0.622. The summed E-state index contributed by atoms with van der Waals surface area (Å²) in [6.45, 7) is 28.6. The van der Waals surface area contributed by atoms with Crippen LogP contribution in [-0.2, 0) is 18.7 Å². The molecule has 0 aliphatic heterocycles. The van der Waals surface area contributed by atoms with Gasteiger partial charge in [-0.05, 0) is 69.5 Å². The van der Waals surface area contributed by atoms with Crippen molar-refractivity contribution in [1.29, 1.82) is 0 Å². The summed E-state index contributed by atoms with van der Waals surface area (Å²) in [4.78, 5) is 24.4. The zero-order chi connectivity index (χ0) is 34.8. The maximum Gasteiger partial charge on any atom is 0.404 e. The van der Waals surface area contributed by atoms with Crippen molar-refractivity contribution in [2.75, 3.05) is 6.61 Å². The van der Waals surface area contributed by atoms with Gasteiger partial charge in [0.05, 0.1) is 6.61 Å². The van der Waals surface area contributed by atoms with E-state index in [0.717, 1.165) is 30.4 Å². The lowest BCUT2D eigenvalue weighted by Crippen LogP contribution is -2.47. The van der Waals surface area contributed by atoms with E-state index in [4.69, 9.17) is 19.6 Å². The molecule has 7 nitrogen and oxygen atoms in total. The number of hydrogen-bond acceptors (Lipinski definition) is 6. The molecule has 0 aliphatic carbocycles. The minimum absolute atomic E-state index is 0.0114. The molecule has 0 spiro atoms. The van der Waals surface area contributed by atoms with Crippen LogP contribution in [-0.4, -0.2) is 50.4 Å². The van der Waals surface area contributed by atoms with E-state index in [-0.39, 0.29) is 28.9 Å². The molecule has 0 heterocycles. The molecular formula is C37H63NO6Si. The highest BCUT2D eigenvalue weighted by Crippen LogP contribution is 2.38. The molecule has 0 aliphatic rings. The molecular weight excluding hydrogens is 582 g/mol. The van der Waals surface area contributed by atoms with Gasteiger partial charge in [-0.3, -0.25) is 0 Å². The number of carbonyl (C=O) groups excluding carboxylic acids is 2. The summed E-state index contributed by atoms with van der Waals surface area (Å²) in [6.07, 6.45) is 17.1. The van der Waals surface area contributed by atoms with Gasteiger partial charge in [0, 0.05) is 18.4 Å². The van der Waals surface area contributed by atoms with Gasteiger partial charge in [0.2, 0.25) is 0 Å². The second-order valence-electron chi connectivity index (χ2n) is 14.4. The van der Waals surface area contributed by atoms with Gasteiger partial charge in [-0.15, -0.1) is 13.2 Å². The first-order chi connectivity index (χ1) is 20.8. The summed E-state index contributed by atoms with van der Waals surface area (Å²) in [6, 6.07) is 0. The van der Waals surface area contributed by atoms with Gasteiger partial charge >= 0.3 is 12.1 Å². The molecule has 8 heteroatoms. The van der Waals surface area contributed by atoms with E-state index in [2.05, 4.69) is 60.9 Å². The van der Waals surface area contributed by atoms with Crippen molar-refractivity contribution in [3.8, 4) is 0 Å². The second kappa shape index (κ2) is 20.4. The summed E-state index contributed by atoms with van der Waals surface area (Å²) in [5.41, 5.74) is 7.32. The SMILES string of the molecule is C=CCCC(C)(C)C/C=C/C(=O)O[C@H](C/C(C)=C/C=C/CC[C@H](OC(N)=O)[C@H](C=C)O[Si](C)(C)C(C)(C)C)[C@H](C)/C=C(\C)CO. The fourth-order valence-electron chi connectivity index (χ4n) is 4.41. The molecule has 3 N–H and O–H groups in total. The number of amides is 1. The molecule has 45 heavy (non-hydrogen) atoms. The summed E-state index contributed by atoms with van der Waals surface area (Å²) in [5, 5.41) is 9.51. The number of esters is 1. The van der Waals surface area contributed by atoms with Crippen LogP contribution in [0.15, 0.2) is 72.9 Å². The third-order valence-electron chi connectivity index (χ3n) is 8.36. The minimum Gasteiger partial charge on any atom is -0.458 e. The van der Waals surface area contributed by atoms with Crippen LogP contribution in [0.1, 0.15) is 93.9 Å². The highest BCUT2D eigenvalue weighted by molar-refractivity contribution is 6.74. The summed E-state index contributed by atoms with van der Waals surface area (Å²) >= 11 is 0. The number of hydrogen-bond donors (Lipinski definition) is 2. The van der Waals surface area contributed by atoms with Crippen molar-refractivity contribution in [1.82, 2.24) is 0 Å². The van der Waals surface area contributed by atoms with Gasteiger partial charge in [0.15, 0.2) is 8.32 Å². The topological polar surface area (TPSA) is 108 Å². The molecule has 0 saturated heterocycles. The largest absolute Gasteiger partial charge is 0.458 e. The Morgan fingerprint density at radius 1 is 0.978 bits per heavy atom. The highest BCUT2D eigenvalue weighted by Gasteiger charge is 2.40. The molecule has 4 atom stereocenters. The molecule has 0 aromatic carbocycles. The van der Waals surface area contributed by atoms with Crippen LogP contribution >= 0.6 is 0 Å². The Morgan fingerprint density at radius 3 is 2.16 bits per heavy atom. The van der Waals surface area contributed by atoms with Crippen molar-refractivity contribution in [2.45, 2.75) is 130 Å². The standard InChI is InChI=1S/C37H63NO6Si/c1-13-15-23-37(9,10)24-19-22-34(40)42-33(30(5)25-29(4)27-39)26-28(3)20-17-16-18-21-32(43-35(38)41)31(14-2)44-45(11,12)36(6,7)8/h13-14,16-17,19-20,22,25,30-33,39H,1-2,15,18,21,23-24,26-27H2,3-12H3,(H2,38,41)/b17-16+,22-19+,28-20+,29-25+/t30-,31+,32+,33-/m1/s1. The fourth-order valence-corrected chi connectivity index (χ4v) is 5.69. The molecule has 256 valence electrons. The number of ether oxygens (including phenoxy) is 2. The van der Waals surface area contributed by atoms with Crippen molar-refractivity contribution < 1.29 is 28.6 Å². The zero-order valence-electron chi connectivity index (χ0n) is 29.9. The van der Waals surface area contributed by atoms with E-state index in [1.807, 2.05) is 57.2 Å². The molecule has 0 aromatic rings. The van der Waals surface area contributed by atoms with Gasteiger partial charge < -0.3 is 24.7 Å². The smallest absolute Gasteiger partial charge is 0.404 e. The number of allylic oxidation sites excluding steroid dienone is 5. The molecule has 0 saturated carbocycles. The maximum atomic E-state index is 12.8. The zero-order valence-corrected chi connectivity index (χ0v) is 30.9. The number of aliphatic hydroxyl groups is 1. The van der Waals surface area contributed by atoms with Gasteiger partial charge in [-0.25, -0.2) is 9.59 Å². The first-order valence-corrected chi connectivity index (χ1v) is 19.0. The van der Waals surface area contributed by atoms with Gasteiger partial charge in [0.25, 0.3) is 0 Å². The molecule has 0 rings (SSSR count). The Kier molecular flexibility index (Phi) is 19.2. The molecule has 0 radical (unpaired) electrons. The lowest BCUT2D eigenvalue weighted by atomic mass is 9.84. The average Bonchev–Trinajstić information content (AvgIpc) is 2.92. The van der Waals surface area contributed by atoms with Crippen LogP contribution in [0.25, 0.3) is 0 Å². The Balaban J connectivity index is 5.54. The number of primary amides is 1. The van der Waals surface area contributed by atoms with Crippen LogP contribution in [0.2, 0.25) is 18.1 Å². The lowest BCUT2D eigenvalue weighted by molar-refractivity contribution is -0.144. The van der Waals surface area contributed by atoms with Crippen molar-refractivity contribution in [3.05, 3.63) is 72.9 Å². The molecule has 0 aromatic heterocycles. The first-order valence-electron chi connectivity index (χ1n) is 16.1. The number of aliphatic hydroxyl groups excluding tert-OH is 1. The van der Waals surface area contributed by atoms with Crippen LogP contribution in [0.3, 0.4) is 0 Å². The predicted octanol–water partition coefficient (Wildman–Crippen LogP) is 9.12. The number of carbonyl (C=O) groups is 2. The van der Waals surface area contributed by atoms with Crippen LogP contribution in [0.5, 0.6) is 0 Å². The van der Waals surface area contributed by atoms with E-state index in [0.29, 0.717) is 19.3 Å². The van der Waals surface area contributed by atoms with E-state index in [1.165, 1.54) is 6.08 Å². The van der Waals surface area contributed by atoms with Crippen LogP contribution in [0.4, 0.5) is 4.79 Å². The molecule has 0 unspecified atom stereocenters. The molecule has 1 amide bonds. The lowest BCUT2D eigenvalue weighted by Gasteiger charge is -2.40. The van der Waals surface area contributed by atoms with E-state index in [9.17, 15) is 14.7 Å². The van der Waals surface area contributed by atoms with Gasteiger partial charge in [0.1, 0.15) is 18.3 Å². The number of nitrogens with two attached hydrogens (primary N) is 1. The summed E-state index contributed by atoms with van der Waals surface area (Å²) in [5.74, 6) is -0.462.